The van der Waals surface area contributed by atoms with Gasteiger partial charge < -0.3 is 24.4 Å². The number of rotatable bonds is 38. The topological polar surface area (TPSA) is 140 Å². The van der Waals surface area contributed by atoms with Crippen LogP contribution in [0, 0.1) is 0 Å². The van der Waals surface area contributed by atoms with Crippen molar-refractivity contribution in [2.45, 2.75) is 187 Å². The predicted molar refractivity (Wildman–Crippen MR) is 226 cm³/mol. The number of ether oxygens (including phenoxy) is 2. The Morgan fingerprint density at radius 1 is 0.564 bits per heavy atom. The average Bonchev–Trinajstić information content (AvgIpc) is 3.15. The number of phosphoric ester groups is 1. The van der Waals surface area contributed by atoms with Crippen LogP contribution in [0.25, 0.3) is 0 Å². The number of carbonyl (C=O) groups is 2. The van der Waals surface area contributed by atoms with Crippen molar-refractivity contribution in [1.29, 1.82) is 0 Å². The lowest BCUT2D eigenvalue weighted by Gasteiger charge is -2.18. The summed E-state index contributed by atoms with van der Waals surface area (Å²) in [5, 5.41) is 9.87. The van der Waals surface area contributed by atoms with E-state index >= 15 is 0 Å². The predicted octanol–water partition coefficient (Wildman–Crippen LogP) is 12.0. The highest BCUT2D eigenvalue weighted by atomic mass is 31.2. The van der Waals surface area contributed by atoms with Crippen LogP contribution in [0.1, 0.15) is 174 Å². The Morgan fingerprint density at radius 3 is 1.65 bits per heavy atom. The van der Waals surface area contributed by atoms with Gasteiger partial charge in [-0.25, -0.2) is 4.57 Å². The fraction of sp³-hybridized carbons (Fsp3) is 0.689. The maximum atomic E-state index is 12.4. The standard InChI is InChI=1S/C45H77O9P/c1-3-5-7-8-9-10-11-12-13-14-15-16-17-18-21-25-28-31-35-39-45(48)54-43(41-53-55(49,50)51)40-52-44(47)38-34-30-27-24-22-19-20-23-26-29-33-37-42(46)36-32-6-4-2/h9-10,12-13,19-20,24,26-27,29,33,37,42-43,46H,3-8,11,14-18,21-23,25,28,30-32,34-36,38-41H2,1-2H3,(H2,49,50,51)/b10-9-,13-12-,20-19-,27-24-,29-26-,37-33+/t42-,43-/m1/s1. The molecule has 0 aliphatic rings. The summed E-state index contributed by atoms with van der Waals surface area (Å²) in [5.74, 6) is -0.986. The van der Waals surface area contributed by atoms with Crippen molar-refractivity contribution in [3.8, 4) is 0 Å². The van der Waals surface area contributed by atoms with Gasteiger partial charge in [-0.15, -0.1) is 0 Å². The zero-order chi connectivity index (χ0) is 40.5. The van der Waals surface area contributed by atoms with Crippen molar-refractivity contribution >= 4 is 19.8 Å². The Labute approximate surface area is 334 Å². The van der Waals surface area contributed by atoms with Crippen molar-refractivity contribution < 1.29 is 43.0 Å². The van der Waals surface area contributed by atoms with E-state index in [2.05, 4.69) is 54.8 Å². The minimum atomic E-state index is -4.78. The Hall–Kier alpha value is -2.55. The number of phosphoric acid groups is 1. The first-order chi connectivity index (χ1) is 26.7. The van der Waals surface area contributed by atoms with E-state index in [-0.39, 0.29) is 25.6 Å². The van der Waals surface area contributed by atoms with Gasteiger partial charge in [0.25, 0.3) is 0 Å². The van der Waals surface area contributed by atoms with Crippen LogP contribution in [0.5, 0.6) is 0 Å². The first kappa shape index (κ1) is 52.5. The van der Waals surface area contributed by atoms with Crippen molar-refractivity contribution in [2.24, 2.45) is 0 Å². The molecule has 0 rings (SSSR count). The van der Waals surface area contributed by atoms with Gasteiger partial charge in [-0.2, -0.15) is 0 Å². The summed E-state index contributed by atoms with van der Waals surface area (Å²) in [6.45, 7) is 3.48. The molecule has 0 aromatic rings. The highest BCUT2D eigenvalue weighted by Gasteiger charge is 2.22. The molecule has 0 heterocycles. The third kappa shape index (κ3) is 42.4. The molecule has 2 atom stereocenters. The van der Waals surface area contributed by atoms with Gasteiger partial charge in [0.05, 0.1) is 12.7 Å². The van der Waals surface area contributed by atoms with Gasteiger partial charge in [0, 0.05) is 12.8 Å². The molecule has 0 saturated heterocycles. The number of hydrogen-bond donors (Lipinski definition) is 3. The lowest BCUT2D eigenvalue weighted by atomic mass is 10.1. The van der Waals surface area contributed by atoms with Crippen LogP contribution in [-0.2, 0) is 28.2 Å². The van der Waals surface area contributed by atoms with Crippen LogP contribution in [0.4, 0.5) is 0 Å². The van der Waals surface area contributed by atoms with E-state index in [1.165, 1.54) is 57.8 Å². The van der Waals surface area contributed by atoms with E-state index in [4.69, 9.17) is 19.3 Å². The van der Waals surface area contributed by atoms with E-state index in [1.54, 1.807) is 0 Å². The van der Waals surface area contributed by atoms with Crippen LogP contribution >= 0.6 is 7.82 Å². The maximum Gasteiger partial charge on any atom is 0.469 e. The molecule has 0 aromatic heterocycles. The summed E-state index contributed by atoms with van der Waals surface area (Å²) in [4.78, 5) is 42.8. The third-order valence-electron chi connectivity index (χ3n) is 8.80. The minimum Gasteiger partial charge on any atom is -0.462 e. The molecule has 0 aliphatic carbocycles. The number of aliphatic hydroxyl groups excluding tert-OH is 1. The Bertz CT molecular complexity index is 1140. The minimum absolute atomic E-state index is 0.167. The molecular weight excluding hydrogens is 715 g/mol. The van der Waals surface area contributed by atoms with Crippen LogP contribution in [0.3, 0.4) is 0 Å². The molecule has 0 radical (unpaired) electrons. The molecule has 0 unspecified atom stereocenters. The second-order valence-electron chi connectivity index (χ2n) is 14.2. The molecule has 10 heteroatoms. The highest BCUT2D eigenvalue weighted by molar-refractivity contribution is 7.46. The summed E-state index contributed by atoms with van der Waals surface area (Å²) in [6, 6.07) is 0. The molecule has 9 nitrogen and oxygen atoms in total. The quantitative estimate of drug-likeness (QED) is 0.0183. The van der Waals surface area contributed by atoms with Gasteiger partial charge in [0.15, 0.2) is 6.10 Å². The van der Waals surface area contributed by atoms with Gasteiger partial charge in [-0.3, -0.25) is 14.1 Å². The first-order valence-corrected chi connectivity index (χ1v) is 22.9. The number of carbonyl (C=O) groups excluding carboxylic acids is 2. The fourth-order valence-corrected chi connectivity index (χ4v) is 5.92. The van der Waals surface area contributed by atoms with Gasteiger partial charge in [-0.1, -0.05) is 164 Å². The molecular formula is C45H77O9P. The number of aliphatic hydroxyl groups is 1. The molecule has 0 amide bonds. The van der Waals surface area contributed by atoms with E-state index in [1.807, 2.05) is 36.5 Å². The smallest absolute Gasteiger partial charge is 0.462 e. The zero-order valence-corrected chi connectivity index (χ0v) is 35.3. The zero-order valence-electron chi connectivity index (χ0n) is 34.4. The second kappa shape index (κ2) is 39.7. The van der Waals surface area contributed by atoms with E-state index in [0.29, 0.717) is 19.3 Å². The summed E-state index contributed by atoms with van der Waals surface area (Å²) < 4.78 is 26.3. The second-order valence-corrected chi connectivity index (χ2v) is 15.4. The molecule has 0 bridgehead atoms. The summed E-state index contributed by atoms with van der Waals surface area (Å²) in [6.07, 6.45) is 48.0. The van der Waals surface area contributed by atoms with Crippen LogP contribution < -0.4 is 0 Å². The van der Waals surface area contributed by atoms with Gasteiger partial charge in [0.1, 0.15) is 6.61 Å². The molecule has 55 heavy (non-hydrogen) atoms. The van der Waals surface area contributed by atoms with Gasteiger partial charge in [-0.05, 0) is 70.6 Å². The monoisotopic (exact) mass is 793 g/mol. The molecule has 0 saturated carbocycles. The van der Waals surface area contributed by atoms with E-state index in [9.17, 15) is 19.3 Å². The van der Waals surface area contributed by atoms with Crippen LogP contribution in [0.15, 0.2) is 72.9 Å². The lowest BCUT2D eigenvalue weighted by molar-refractivity contribution is -0.161. The largest absolute Gasteiger partial charge is 0.469 e. The van der Waals surface area contributed by atoms with Crippen molar-refractivity contribution in [3.05, 3.63) is 72.9 Å². The third-order valence-corrected chi connectivity index (χ3v) is 9.29. The highest BCUT2D eigenvalue weighted by Crippen LogP contribution is 2.36. The fourth-order valence-electron chi connectivity index (χ4n) is 5.56. The lowest BCUT2D eigenvalue weighted by Crippen LogP contribution is -2.29. The summed E-state index contributed by atoms with van der Waals surface area (Å²) in [5.41, 5.74) is 0. The molecule has 3 N–H and O–H groups in total. The van der Waals surface area contributed by atoms with Crippen molar-refractivity contribution in [1.82, 2.24) is 0 Å². The maximum absolute atomic E-state index is 12.4. The van der Waals surface area contributed by atoms with Crippen LogP contribution in [-0.4, -0.2) is 52.3 Å². The molecule has 316 valence electrons. The van der Waals surface area contributed by atoms with Crippen molar-refractivity contribution in [3.63, 3.8) is 0 Å². The molecule has 0 fully saturated rings. The Morgan fingerprint density at radius 2 is 1.05 bits per heavy atom. The SMILES string of the molecule is CCCCC/C=C\C/C=C\CCCCCCCCCCCC(=O)O[C@H](COC(=O)CCC/C=C\C/C=C\C/C=C\C=C\[C@H](O)CCCCC)COP(=O)(O)O. The number of unbranched alkanes of at least 4 members (excludes halogenated alkanes) is 15. The Balaban J connectivity index is 4.06. The number of esters is 2. The van der Waals surface area contributed by atoms with E-state index in [0.717, 1.165) is 70.6 Å². The van der Waals surface area contributed by atoms with Gasteiger partial charge >= 0.3 is 19.8 Å². The van der Waals surface area contributed by atoms with Crippen LogP contribution in [0.2, 0.25) is 0 Å². The molecule has 0 spiro atoms. The Kier molecular flexibility index (Phi) is 37.8. The molecule has 0 aromatic carbocycles. The van der Waals surface area contributed by atoms with Crippen molar-refractivity contribution in [2.75, 3.05) is 13.2 Å². The average molecular weight is 793 g/mol. The first-order valence-electron chi connectivity index (χ1n) is 21.3. The van der Waals surface area contributed by atoms with E-state index < -0.39 is 32.5 Å². The number of hydrogen-bond acceptors (Lipinski definition) is 7. The molecule has 0 aliphatic heterocycles. The van der Waals surface area contributed by atoms with Gasteiger partial charge in [0.2, 0.25) is 0 Å². The normalized spacial score (nSPS) is 13.8. The number of allylic oxidation sites excluding steroid dienone is 11. The summed E-state index contributed by atoms with van der Waals surface area (Å²) >= 11 is 0. The summed E-state index contributed by atoms with van der Waals surface area (Å²) in [7, 11) is -4.78.